The fourth-order valence-corrected chi connectivity index (χ4v) is 8.70. The Morgan fingerprint density at radius 2 is 1.81 bits per heavy atom. The van der Waals surface area contributed by atoms with Crippen LogP contribution in [0.25, 0.3) is 0 Å². The van der Waals surface area contributed by atoms with E-state index in [1.54, 1.807) is 6.07 Å². The molecule has 6 aliphatic rings. The summed E-state index contributed by atoms with van der Waals surface area (Å²) < 4.78 is 6.64. The number of hydrogen-bond donors (Lipinski definition) is 6. The first kappa shape index (κ1) is 29.6. The number of piperidine rings is 1. The molecule has 3 aliphatic heterocycles. The van der Waals surface area contributed by atoms with Crippen LogP contribution in [0.2, 0.25) is 0 Å². The van der Waals surface area contributed by atoms with Crippen LogP contribution in [0.1, 0.15) is 56.1 Å². The number of carboxylic acids is 2. The molecule has 232 valence electrons. The minimum Gasteiger partial charge on any atom is -0.504 e. The SMILES string of the molecule is C=CCN1CC[C@]23c4c5ccc(O)c4O[C@H]2[C@@H](N2CC4=C(CCCC4)C2=O)CCC3(O)[C@H]1C5.O=C(O)C(O)C(O)C(=O)O. The standard InChI is InChI=1S/C27H32N2O4.C4H6O6/c1-2-12-28-13-11-26-22-16-7-8-20(30)23(22)33-24(26)19(9-10-27(26,32)21(28)14-16)29-15-17-5-3-4-6-18(17)25(29)31;5-1(3(7)8)2(6)4(9)10/h2,7-8,19,21,24,30,32H,1,3-6,9-15H2;1-2,5-6H,(H,7,8)(H,9,10)/t19-,21+,24-,26-,27?;/m0./s1. The lowest BCUT2D eigenvalue weighted by Crippen LogP contribution is -2.78. The van der Waals surface area contributed by atoms with Crippen LogP contribution in [0.5, 0.6) is 11.5 Å². The predicted molar refractivity (Wildman–Crippen MR) is 151 cm³/mol. The lowest BCUT2D eigenvalue weighted by molar-refractivity contribution is -0.198. The number of phenolic OH excluding ortho intramolecular Hbond substituents is 1. The van der Waals surface area contributed by atoms with Crippen molar-refractivity contribution in [2.75, 3.05) is 19.6 Å². The second kappa shape index (κ2) is 10.6. The first-order chi connectivity index (χ1) is 20.5. The normalized spacial score (nSPS) is 33.4. The molecule has 3 heterocycles. The maximum absolute atomic E-state index is 13.5. The van der Waals surface area contributed by atoms with E-state index in [4.69, 9.17) is 25.2 Å². The number of nitrogens with zero attached hydrogens (tertiary/aromatic N) is 2. The second-order valence-corrected chi connectivity index (χ2v) is 12.5. The molecule has 1 saturated heterocycles. The summed E-state index contributed by atoms with van der Waals surface area (Å²) in [6, 6.07) is 3.64. The summed E-state index contributed by atoms with van der Waals surface area (Å²) in [5.41, 5.74) is 2.98. The van der Waals surface area contributed by atoms with Gasteiger partial charge in [-0.15, -0.1) is 6.58 Å². The predicted octanol–water partition coefficient (Wildman–Crippen LogP) is 0.691. The third kappa shape index (κ3) is 4.21. The van der Waals surface area contributed by atoms with Crippen molar-refractivity contribution in [3.05, 3.63) is 47.1 Å². The van der Waals surface area contributed by atoms with Gasteiger partial charge in [-0.1, -0.05) is 12.1 Å². The Morgan fingerprint density at radius 1 is 1.12 bits per heavy atom. The quantitative estimate of drug-likeness (QED) is 0.253. The summed E-state index contributed by atoms with van der Waals surface area (Å²) in [5, 5.41) is 55.8. The molecule has 6 N–H and O–H groups in total. The van der Waals surface area contributed by atoms with Gasteiger partial charge in [0.2, 0.25) is 5.91 Å². The van der Waals surface area contributed by atoms with E-state index < -0.39 is 35.2 Å². The highest BCUT2D eigenvalue weighted by Crippen LogP contribution is 2.66. The molecule has 3 aliphatic carbocycles. The Bertz CT molecular complexity index is 1390. The molecule has 2 bridgehead atoms. The number of likely N-dealkylation sites (tertiary alicyclic amines) is 1. The molecular formula is C31H38N2O10. The number of carbonyl (C=O) groups is 3. The van der Waals surface area contributed by atoms with E-state index in [0.29, 0.717) is 18.7 Å². The largest absolute Gasteiger partial charge is 0.504 e. The highest BCUT2D eigenvalue weighted by molar-refractivity contribution is 5.97. The van der Waals surface area contributed by atoms with Crippen molar-refractivity contribution in [3.8, 4) is 11.5 Å². The fourth-order valence-electron chi connectivity index (χ4n) is 8.70. The molecule has 0 aromatic heterocycles. The van der Waals surface area contributed by atoms with Crippen LogP contribution in [-0.4, -0.2) is 114 Å². The third-order valence-corrected chi connectivity index (χ3v) is 10.6. The number of aliphatic carboxylic acids is 2. The molecule has 1 amide bonds. The van der Waals surface area contributed by atoms with Gasteiger partial charge in [-0.3, -0.25) is 9.69 Å². The van der Waals surface area contributed by atoms with Gasteiger partial charge in [0, 0.05) is 30.3 Å². The van der Waals surface area contributed by atoms with Crippen LogP contribution in [0.15, 0.2) is 35.9 Å². The number of phenols is 1. The Labute approximate surface area is 248 Å². The van der Waals surface area contributed by atoms with Crippen molar-refractivity contribution in [1.82, 2.24) is 9.80 Å². The van der Waals surface area contributed by atoms with Crippen LogP contribution >= 0.6 is 0 Å². The Morgan fingerprint density at radius 3 is 2.47 bits per heavy atom. The van der Waals surface area contributed by atoms with Gasteiger partial charge < -0.3 is 40.3 Å². The molecule has 1 aromatic carbocycles. The smallest absolute Gasteiger partial charge is 0.335 e. The average Bonchev–Trinajstić information content (AvgIpc) is 3.51. The summed E-state index contributed by atoms with van der Waals surface area (Å²) in [5.74, 6) is -2.67. The first-order valence-electron chi connectivity index (χ1n) is 14.9. The number of carbonyl (C=O) groups excluding carboxylic acids is 1. The topological polar surface area (TPSA) is 188 Å². The van der Waals surface area contributed by atoms with Crippen LogP contribution in [0.3, 0.4) is 0 Å². The van der Waals surface area contributed by atoms with Gasteiger partial charge in [0.15, 0.2) is 23.7 Å². The van der Waals surface area contributed by atoms with Gasteiger partial charge in [0.05, 0.1) is 17.1 Å². The van der Waals surface area contributed by atoms with Crippen LogP contribution in [-0.2, 0) is 26.2 Å². The maximum Gasteiger partial charge on any atom is 0.335 e. The summed E-state index contributed by atoms with van der Waals surface area (Å²) in [6.45, 7) is 6.25. The second-order valence-electron chi connectivity index (χ2n) is 12.5. The zero-order valence-corrected chi connectivity index (χ0v) is 23.8. The molecule has 1 saturated carbocycles. The molecule has 1 spiro atoms. The number of aromatic hydroxyl groups is 1. The Balaban J connectivity index is 0.000000286. The van der Waals surface area contributed by atoms with E-state index in [1.807, 2.05) is 12.1 Å². The lowest BCUT2D eigenvalue weighted by atomic mass is 9.48. The van der Waals surface area contributed by atoms with Crippen molar-refractivity contribution in [3.63, 3.8) is 0 Å². The zero-order chi connectivity index (χ0) is 30.8. The minimum atomic E-state index is -2.27. The zero-order valence-electron chi connectivity index (χ0n) is 23.8. The van der Waals surface area contributed by atoms with E-state index in [1.165, 1.54) is 11.1 Å². The molecule has 12 heteroatoms. The van der Waals surface area contributed by atoms with Crippen molar-refractivity contribution in [1.29, 1.82) is 0 Å². The van der Waals surface area contributed by atoms with Gasteiger partial charge in [0.1, 0.15) is 6.10 Å². The number of benzene rings is 1. The van der Waals surface area contributed by atoms with Gasteiger partial charge in [0.25, 0.3) is 0 Å². The first-order valence-corrected chi connectivity index (χ1v) is 14.9. The molecular weight excluding hydrogens is 560 g/mol. The number of amides is 1. The van der Waals surface area contributed by atoms with E-state index in [-0.39, 0.29) is 29.8 Å². The number of carboxylic acid groups (broad SMARTS) is 2. The monoisotopic (exact) mass is 598 g/mol. The van der Waals surface area contributed by atoms with Crippen molar-refractivity contribution in [2.24, 2.45) is 0 Å². The molecule has 7 rings (SSSR count). The highest BCUT2D eigenvalue weighted by Gasteiger charge is 2.73. The highest BCUT2D eigenvalue weighted by atomic mass is 16.5. The molecule has 43 heavy (non-hydrogen) atoms. The van der Waals surface area contributed by atoms with Gasteiger partial charge >= 0.3 is 11.9 Å². The summed E-state index contributed by atoms with van der Waals surface area (Å²) >= 11 is 0. The number of aliphatic hydroxyl groups excluding tert-OH is 2. The molecule has 1 aromatic rings. The summed E-state index contributed by atoms with van der Waals surface area (Å²) in [7, 11) is 0. The van der Waals surface area contributed by atoms with Crippen molar-refractivity contribution >= 4 is 17.8 Å². The van der Waals surface area contributed by atoms with Crippen LogP contribution in [0, 0.1) is 0 Å². The summed E-state index contributed by atoms with van der Waals surface area (Å²) in [4.78, 5) is 37.5. The van der Waals surface area contributed by atoms with E-state index in [0.717, 1.165) is 69.2 Å². The van der Waals surface area contributed by atoms with E-state index in [2.05, 4.69) is 16.4 Å². The maximum atomic E-state index is 13.5. The van der Waals surface area contributed by atoms with Crippen molar-refractivity contribution < 1.29 is 49.8 Å². The molecule has 12 nitrogen and oxygen atoms in total. The van der Waals surface area contributed by atoms with Crippen LogP contribution in [0.4, 0.5) is 0 Å². The Kier molecular flexibility index (Phi) is 7.31. The molecule has 3 unspecified atom stereocenters. The van der Waals surface area contributed by atoms with Crippen molar-refractivity contribution in [2.45, 2.75) is 92.8 Å². The number of rotatable bonds is 6. The van der Waals surface area contributed by atoms with E-state index in [9.17, 15) is 24.6 Å². The minimum absolute atomic E-state index is 0.0140. The number of hydrogen-bond acceptors (Lipinski definition) is 9. The lowest BCUT2D eigenvalue weighted by Gasteiger charge is -2.64. The molecule has 7 atom stereocenters. The Hall–Kier alpha value is -3.45. The van der Waals surface area contributed by atoms with Gasteiger partial charge in [-0.05, 0) is 75.1 Å². The fraction of sp³-hybridized carbons (Fsp3) is 0.581. The van der Waals surface area contributed by atoms with Gasteiger partial charge in [-0.2, -0.15) is 0 Å². The summed E-state index contributed by atoms with van der Waals surface area (Å²) in [6.07, 6.45) is 4.09. The third-order valence-electron chi connectivity index (χ3n) is 10.6. The van der Waals surface area contributed by atoms with E-state index >= 15 is 0 Å². The number of aliphatic hydroxyl groups is 3. The average molecular weight is 599 g/mol. The number of ether oxygens (including phenoxy) is 1. The van der Waals surface area contributed by atoms with Crippen LogP contribution < -0.4 is 4.74 Å². The molecule has 0 radical (unpaired) electrons. The van der Waals surface area contributed by atoms with Gasteiger partial charge in [-0.25, -0.2) is 9.59 Å². The molecule has 2 fully saturated rings.